The Hall–Kier alpha value is -1.91. The molecule has 0 aliphatic rings. The summed E-state index contributed by atoms with van der Waals surface area (Å²) in [6, 6.07) is 0. The predicted octanol–water partition coefficient (Wildman–Crippen LogP) is 2.41. The van der Waals surface area contributed by atoms with Crippen LogP contribution in [0, 0.1) is 13.8 Å². The van der Waals surface area contributed by atoms with Crippen molar-refractivity contribution in [1.82, 2.24) is 19.5 Å². The third-order valence-electron chi connectivity index (χ3n) is 2.89. The minimum absolute atomic E-state index is 0.756. The number of aromatic nitrogens is 4. The van der Waals surface area contributed by atoms with Crippen LogP contribution in [0.25, 0.3) is 11.5 Å². The number of rotatable bonds is 4. The summed E-state index contributed by atoms with van der Waals surface area (Å²) in [5, 5.41) is 3.10. The lowest BCUT2D eigenvalue weighted by Gasteiger charge is -2.12. The second kappa shape index (κ2) is 5.16. The summed E-state index contributed by atoms with van der Waals surface area (Å²) in [5.41, 5.74) is 1.94. The van der Waals surface area contributed by atoms with Crippen LogP contribution in [0.3, 0.4) is 0 Å². The minimum Gasteiger partial charge on any atom is -0.373 e. The van der Waals surface area contributed by atoms with Gasteiger partial charge in [-0.15, -0.1) is 0 Å². The first-order valence-electron chi connectivity index (χ1n) is 6.21. The molecule has 0 atom stereocenters. The highest BCUT2D eigenvalue weighted by Crippen LogP contribution is 2.24. The van der Waals surface area contributed by atoms with Gasteiger partial charge in [0.25, 0.3) is 0 Å². The third kappa shape index (κ3) is 2.20. The first-order valence-corrected chi connectivity index (χ1v) is 6.21. The minimum atomic E-state index is 0.756. The molecule has 0 aromatic carbocycles. The zero-order valence-corrected chi connectivity index (χ0v) is 11.4. The van der Waals surface area contributed by atoms with Crippen molar-refractivity contribution in [1.29, 1.82) is 0 Å². The summed E-state index contributed by atoms with van der Waals surface area (Å²) >= 11 is 0. The van der Waals surface area contributed by atoms with E-state index in [4.69, 9.17) is 0 Å². The van der Waals surface area contributed by atoms with E-state index in [-0.39, 0.29) is 0 Å². The molecule has 2 aromatic rings. The average Bonchev–Trinajstić information content (AvgIpc) is 2.80. The van der Waals surface area contributed by atoms with Crippen LogP contribution in [-0.2, 0) is 6.54 Å². The van der Waals surface area contributed by atoms with Crippen LogP contribution in [0.15, 0.2) is 12.4 Å². The highest BCUT2D eigenvalue weighted by molar-refractivity contribution is 5.62. The number of anilines is 1. The largest absolute Gasteiger partial charge is 0.373 e. The SMILES string of the molecule is CCCn1ccnc1-c1nc(C)nc(NC)c1C. The van der Waals surface area contributed by atoms with Gasteiger partial charge in [0.15, 0.2) is 5.82 Å². The van der Waals surface area contributed by atoms with Gasteiger partial charge in [0.1, 0.15) is 17.3 Å². The Balaban J connectivity index is 2.56. The molecule has 0 radical (unpaired) electrons. The number of nitrogens with one attached hydrogen (secondary N) is 1. The summed E-state index contributed by atoms with van der Waals surface area (Å²) in [5.74, 6) is 2.53. The van der Waals surface area contributed by atoms with Gasteiger partial charge in [0.2, 0.25) is 0 Å². The molecule has 0 amide bonds. The zero-order chi connectivity index (χ0) is 13.1. The molecule has 0 bridgehead atoms. The van der Waals surface area contributed by atoms with Gasteiger partial charge in [0, 0.05) is 31.5 Å². The van der Waals surface area contributed by atoms with Crippen molar-refractivity contribution in [2.75, 3.05) is 12.4 Å². The van der Waals surface area contributed by atoms with Crippen molar-refractivity contribution in [2.24, 2.45) is 0 Å². The molecule has 0 unspecified atom stereocenters. The summed E-state index contributed by atoms with van der Waals surface area (Å²) < 4.78 is 2.13. The van der Waals surface area contributed by atoms with Crippen molar-refractivity contribution < 1.29 is 0 Å². The maximum atomic E-state index is 4.53. The first-order chi connectivity index (χ1) is 8.67. The van der Waals surface area contributed by atoms with Crippen LogP contribution in [0.4, 0.5) is 5.82 Å². The van der Waals surface area contributed by atoms with E-state index in [1.165, 1.54) is 0 Å². The molecule has 96 valence electrons. The van der Waals surface area contributed by atoms with Crippen LogP contribution in [0.1, 0.15) is 24.7 Å². The maximum absolute atomic E-state index is 4.53. The molecule has 18 heavy (non-hydrogen) atoms. The fourth-order valence-corrected chi connectivity index (χ4v) is 2.04. The maximum Gasteiger partial charge on any atom is 0.159 e. The molecule has 0 fully saturated rings. The Morgan fingerprint density at radius 2 is 2.06 bits per heavy atom. The van der Waals surface area contributed by atoms with E-state index in [2.05, 4.69) is 31.8 Å². The van der Waals surface area contributed by atoms with E-state index in [9.17, 15) is 0 Å². The molecule has 1 N–H and O–H groups in total. The molecule has 0 spiro atoms. The first kappa shape index (κ1) is 12.5. The Kier molecular flexibility index (Phi) is 3.60. The molecule has 0 aliphatic heterocycles. The lowest BCUT2D eigenvalue weighted by molar-refractivity contribution is 0.683. The molecule has 0 aliphatic carbocycles. The molecule has 0 saturated carbocycles. The highest BCUT2D eigenvalue weighted by atomic mass is 15.1. The van der Waals surface area contributed by atoms with Crippen molar-refractivity contribution >= 4 is 5.82 Å². The molecule has 2 heterocycles. The van der Waals surface area contributed by atoms with Crippen molar-refractivity contribution in [2.45, 2.75) is 33.7 Å². The van der Waals surface area contributed by atoms with Gasteiger partial charge in [-0.05, 0) is 20.3 Å². The lowest BCUT2D eigenvalue weighted by atomic mass is 10.2. The summed E-state index contributed by atoms with van der Waals surface area (Å²) in [7, 11) is 1.87. The lowest BCUT2D eigenvalue weighted by Crippen LogP contribution is -2.06. The van der Waals surface area contributed by atoms with Crippen molar-refractivity contribution in [3.63, 3.8) is 0 Å². The highest BCUT2D eigenvalue weighted by Gasteiger charge is 2.14. The molecular weight excluding hydrogens is 226 g/mol. The second-order valence-electron chi connectivity index (χ2n) is 4.29. The Labute approximate surface area is 107 Å². The fourth-order valence-electron chi connectivity index (χ4n) is 2.04. The Morgan fingerprint density at radius 1 is 1.28 bits per heavy atom. The average molecular weight is 245 g/mol. The monoisotopic (exact) mass is 245 g/mol. The standard InChI is InChI=1S/C13H19N5/c1-5-7-18-8-6-15-13(18)11-9(2)12(14-4)17-10(3)16-11/h6,8H,5,7H2,1-4H3,(H,14,16,17). The van der Waals surface area contributed by atoms with Crippen molar-refractivity contribution in [3.8, 4) is 11.5 Å². The fraction of sp³-hybridized carbons (Fsp3) is 0.462. The van der Waals surface area contributed by atoms with Gasteiger partial charge in [-0.3, -0.25) is 0 Å². The van der Waals surface area contributed by atoms with Gasteiger partial charge >= 0.3 is 0 Å². The summed E-state index contributed by atoms with van der Waals surface area (Å²) in [6.07, 6.45) is 4.89. The quantitative estimate of drug-likeness (QED) is 0.898. The summed E-state index contributed by atoms with van der Waals surface area (Å²) in [6.45, 7) is 7.02. The van der Waals surface area contributed by atoms with Gasteiger partial charge in [-0.1, -0.05) is 6.92 Å². The van der Waals surface area contributed by atoms with Crippen LogP contribution in [-0.4, -0.2) is 26.6 Å². The van der Waals surface area contributed by atoms with E-state index >= 15 is 0 Å². The zero-order valence-electron chi connectivity index (χ0n) is 11.4. The van der Waals surface area contributed by atoms with Crippen molar-refractivity contribution in [3.05, 3.63) is 23.8 Å². The van der Waals surface area contributed by atoms with Crippen LogP contribution >= 0.6 is 0 Å². The van der Waals surface area contributed by atoms with Crippen LogP contribution < -0.4 is 5.32 Å². The number of hydrogen-bond donors (Lipinski definition) is 1. The number of nitrogens with zero attached hydrogens (tertiary/aromatic N) is 4. The van der Waals surface area contributed by atoms with Gasteiger partial charge in [0.05, 0.1) is 0 Å². The topological polar surface area (TPSA) is 55.6 Å². The van der Waals surface area contributed by atoms with Gasteiger partial charge < -0.3 is 9.88 Å². The van der Waals surface area contributed by atoms with Crippen LogP contribution in [0.2, 0.25) is 0 Å². The predicted molar refractivity (Wildman–Crippen MR) is 72.6 cm³/mol. The molecular formula is C13H19N5. The van der Waals surface area contributed by atoms with Gasteiger partial charge in [-0.25, -0.2) is 15.0 Å². The molecule has 5 heteroatoms. The van der Waals surface area contributed by atoms with E-state index in [1.54, 1.807) is 0 Å². The summed E-state index contributed by atoms with van der Waals surface area (Å²) in [4.78, 5) is 13.3. The van der Waals surface area contributed by atoms with E-state index < -0.39 is 0 Å². The number of hydrogen-bond acceptors (Lipinski definition) is 4. The second-order valence-corrected chi connectivity index (χ2v) is 4.29. The number of aryl methyl sites for hydroxylation is 2. The number of imidazole rings is 1. The molecule has 0 saturated heterocycles. The van der Waals surface area contributed by atoms with E-state index in [0.29, 0.717) is 0 Å². The Morgan fingerprint density at radius 3 is 2.72 bits per heavy atom. The smallest absolute Gasteiger partial charge is 0.159 e. The molecule has 5 nitrogen and oxygen atoms in total. The van der Waals surface area contributed by atoms with Crippen LogP contribution in [0.5, 0.6) is 0 Å². The molecule has 2 rings (SSSR count). The van der Waals surface area contributed by atoms with Gasteiger partial charge in [-0.2, -0.15) is 0 Å². The van der Waals surface area contributed by atoms with E-state index in [0.717, 1.165) is 41.7 Å². The normalized spacial score (nSPS) is 10.7. The van der Waals surface area contributed by atoms with E-state index in [1.807, 2.05) is 33.3 Å². The molecule has 2 aromatic heterocycles. The third-order valence-corrected chi connectivity index (χ3v) is 2.89. The Bertz CT molecular complexity index is 544.